The highest BCUT2D eigenvalue weighted by Gasteiger charge is 2.49. The van der Waals surface area contributed by atoms with Crippen molar-refractivity contribution in [2.45, 2.75) is 45.6 Å². The van der Waals surface area contributed by atoms with Crippen LogP contribution in [0.2, 0.25) is 0 Å². The third-order valence-electron chi connectivity index (χ3n) is 3.30. The second-order valence-electron chi connectivity index (χ2n) is 3.85. The first-order valence-electron chi connectivity index (χ1n) is 5.41. The summed E-state index contributed by atoms with van der Waals surface area (Å²) in [7, 11) is 1.68. The van der Waals surface area contributed by atoms with Crippen molar-refractivity contribution in [1.29, 1.82) is 0 Å². The quantitative estimate of drug-likeness (QED) is 0.652. The third kappa shape index (κ3) is 1.78. The van der Waals surface area contributed by atoms with Crippen LogP contribution in [0.15, 0.2) is 0 Å². The average molecular weight is 200 g/mol. The topological polar surface area (TPSA) is 35.5 Å². The summed E-state index contributed by atoms with van der Waals surface area (Å²) >= 11 is 0. The lowest BCUT2D eigenvalue weighted by atomic mass is 9.81. The molecule has 2 unspecified atom stereocenters. The van der Waals surface area contributed by atoms with Gasteiger partial charge in [-0.1, -0.05) is 6.92 Å². The van der Waals surface area contributed by atoms with Crippen LogP contribution in [-0.4, -0.2) is 25.8 Å². The minimum Gasteiger partial charge on any atom is -0.465 e. The summed E-state index contributed by atoms with van der Waals surface area (Å²) in [6, 6.07) is 0. The smallest absolute Gasteiger partial charge is 0.314 e. The highest BCUT2D eigenvalue weighted by Crippen LogP contribution is 2.43. The lowest BCUT2D eigenvalue weighted by Crippen LogP contribution is -2.40. The maximum absolute atomic E-state index is 11.9. The molecule has 0 radical (unpaired) electrons. The summed E-state index contributed by atoms with van der Waals surface area (Å²) in [5.74, 6) is -0.0770. The van der Waals surface area contributed by atoms with Gasteiger partial charge in [0.05, 0.1) is 18.1 Å². The molecule has 0 saturated heterocycles. The molecule has 0 amide bonds. The van der Waals surface area contributed by atoms with E-state index in [9.17, 15) is 4.79 Å². The molecule has 3 nitrogen and oxygen atoms in total. The van der Waals surface area contributed by atoms with E-state index < -0.39 is 0 Å². The van der Waals surface area contributed by atoms with Gasteiger partial charge in [-0.2, -0.15) is 0 Å². The van der Waals surface area contributed by atoms with Crippen LogP contribution in [-0.2, 0) is 14.3 Å². The van der Waals surface area contributed by atoms with E-state index in [1.807, 2.05) is 13.8 Å². The minimum atomic E-state index is -0.370. The van der Waals surface area contributed by atoms with Crippen molar-refractivity contribution < 1.29 is 14.3 Å². The largest absolute Gasteiger partial charge is 0.465 e. The number of methoxy groups -OCH3 is 1. The Morgan fingerprint density at radius 3 is 2.71 bits per heavy atom. The molecular formula is C11H20O3. The Bertz CT molecular complexity index is 203. The average Bonchev–Trinajstić information content (AvgIpc) is 2.61. The van der Waals surface area contributed by atoms with Gasteiger partial charge in [-0.3, -0.25) is 4.79 Å². The Hall–Kier alpha value is -0.570. The van der Waals surface area contributed by atoms with E-state index >= 15 is 0 Å². The van der Waals surface area contributed by atoms with Crippen molar-refractivity contribution in [1.82, 2.24) is 0 Å². The van der Waals surface area contributed by atoms with Gasteiger partial charge in [0.25, 0.3) is 0 Å². The zero-order valence-corrected chi connectivity index (χ0v) is 9.34. The molecule has 0 aromatic heterocycles. The van der Waals surface area contributed by atoms with Gasteiger partial charge >= 0.3 is 5.97 Å². The second-order valence-corrected chi connectivity index (χ2v) is 3.85. The zero-order valence-electron chi connectivity index (χ0n) is 9.34. The first-order valence-corrected chi connectivity index (χ1v) is 5.41. The number of hydrogen-bond acceptors (Lipinski definition) is 3. The van der Waals surface area contributed by atoms with Crippen molar-refractivity contribution in [2.75, 3.05) is 13.7 Å². The normalized spacial score (nSPS) is 31.8. The van der Waals surface area contributed by atoms with Gasteiger partial charge in [0.15, 0.2) is 0 Å². The zero-order chi connectivity index (χ0) is 10.6. The Kier molecular flexibility index (Phi) is 3.93. The fraction of sp³-hybridized carbons (Fsp3) is 0.909. The molecule has 1 rings (SSSR count). The Morgan fingerprint density at radius 1 is 1.50 bits per heavy atom. The molecule has 1 fully saturated rings. The van der Waals surface area contributed by atoms with Crippen molar-refractivity contribution in [3.63, 3.8) is 0 Å². The second kappa shape index (κ2) is 4.78. The van der Waals surface area contributed by atoms with E-state index in [4.69, 9.17) is 9.47 Å². The summed E-state index contributed by atoms with van der Waals surface area (Å²) in [5.41, 5.74) is -0.370. The standard InChI is InChI=1S/C11H20O3/c1-4-11(10(12)14-5-2)8-6-7-9(11)13-3/h9H,4-8H2,1-3H3. The number of rotatable bonds is 4. The summed E-state index contributed by atoms with van der Waals surface area (Å²) < 4.78 is 10.5. The van der Waals surface area contributed by atoms with Gasteiger partial charge in [-0.25, -0.2) is 0 Å². The number of ether oxygens (including phenoxy) is 2. The highest BCUT2D eigenvalue weighted by molar-refractivity contribution is 5.78. The molecule has 82 valence electrons. The number of esters is 1. The molecule has 1 aliphatic rings. The molecule has 0 bridgehead atoms. The van der Waals surface area contributed by atoms with Crippen molar-refractivity contribution in [3.8, 4) is 0 Å². The van der Waals surface area contributed by atoms with Crippen LogP contribution in [0.3, 0.4) is 0 Å². The molecule has 0 N–H and O–H groups in total. The maximum Gasteiger partial charge on any atom is 0.314 e. The van der Waals surface area contributed by atoms with Crippen LogP contribution in [0.4, 0.5) is 0 Å². The molecule has 2 atom stereocenters. The third-order valence-corrected chi connectivity index (χ3v) is 3.30. The van der Waals surface area contributed by atoms with Crippen LogP contribution >= 0.6 is 0 Å². The van der Waals surface area contributed by atoms with Gasteiger partial charge in [-0.15, -0.1) is 0 Å². The summed E-state index contributed by atoms with van der Waals surface area (Å²) in [4.78, 5) is 11.9. The summed E-state index contributed by atoms with van der Waals surface area (Å²) in [5, 5.41) is 0. The number of hydrogen-bond donors (Lipinski definition) is 0. The monoisotopic (exact) mass is 200 g/mol. The molecule has 0 aromatic rings. The first-order chi connectivity index (χ1) is 6.71. The maximum atomic E-state index is 11.9. The highest BCUT2D eigenvalue weighted by atomic mass is 16.5. The predicted molar refractivity (Wildman–Crippen MR) is 54.0 cm³/mol. The van der Waals surface area contributed by atoms with Gasteiger partial charge in [0.1, 0.15) is 0 Å². The summed E-state index contributed by atoms with van der Waals surface area (Å²) in [6.07, 6.45) is 3.80. The fourth-order valence-corrected chi connectivity index (χ4v) is 2.44. The van der Waals surface area contributed by atoms with Crippen LogP contribution in [0.1, 0.15) is 39.5 Å². The Labute approximate surface area is 85.8 Å². The molecule has 0 spiro atoms. The fourth-order valence-electron chi connectivity index (χ4n) is 2.44. The van der Waals surface area contributed by atoms with E-state index in [0.717, 1.165) is 25.7 Å². The molecule has 1 aliphatic carbocycles. The number of carbonyl (C=O) groups is 1. The van der Waals surface area contributed by atoms with Crippen LogP contribution < -0.4 is 0 Å². The van der Waals surface area contributed by atoms with Gasteiger partial charge in [-0.05, 0) is 32.6 Å². The van der Waals surface area contributed by atoms with Gasteiger partial charge in [0, 0.05) is 7.11 Å². The van der Waals surface area contributed by atoms with Crippen molar-refractivity contribution >= 4 is 5.97 Å². The van der Waals surface area contributed by atoms with E-state index in [-0.39, 0.29) is 17.5 Å². The van der Waals surface area contributed by atoms with Crippen LogP contribution in [0, 0.1) is 5.41 Å². The van der Waals surface area contributed by atoms with Gasteiger partial charge < -0.3 is 9.47 Å². The number of carbonyl (C=O) groups excluding carboxylic acids is 1. The van der Waals surface area contributed by atoms with E-state index in [0.29, 0.717) is 6.61 Å². The lowest BCUT2D eigenvalue weighted by Gasteiger charge is -2.30. The molecule has 0 heterocycles. The van der Waals surface area contributed by atoms with Crippen LogP contribution in [0.5, 0.6) is 0 Å². The first kappa shape index (κ1) is 11.5. The molecule has 0 aromatic carbocycles. The Balaban J connectivity index is 2.78. The molecular weight excluding hydrogens is 180 g/mol. The molecule has 3 heteroatoms. The van der Waals surface area contributed by atoms with E-state index in [2.05, 4.69) is 0 Å². The predicted octanol–water partition coefficient (Wildman–Crippen LogP) is 2.14. The Morgan fingerprint density at radius 2 is 2.21 bits per heavy atom. The van der Waals surface area contributed by atoms with E-state index in [1.54, 1.807) is 7.11 Å². The van der Waals surface area contributed by atoms with E-state index in [1.165, 1.54) is 0 Å². The molecule has 14 heavy (non-hydrogen) atoms. The molecule has 0 aliphatic heterocycles. The SMILES string of the molecule is CCOC(=O)C1(CC)CCCC1OC. The minimum absolute atomic E-state index is 0.0477. The van der Waals surface area contributed by atoms with Crippen molar-refractivity contribution in [2.24, 2.45) is 5.41 Å². The molecule has 1 saturated carbocycles. The van der Waals surface area contributed by atoms with Crippen LogP contribution in [0.25, 0.3) is 0 Å². The van der Waals surface area contributed by atoms with Crippen molar-refractivity contribution in [3.05, 3.63) is 0 Å². The van der Waals surface area contributed by atoms with Gasteiger partial charge in [0.2, 0.25) is 0 Å². The lowest BCUT2D eigenvalue weighted by molar-refractivity contribution is -0.162. The summed E-state index contributed by atoms with van der Waals surface area (Å²) in [6.45, 7) is 4.34.